The summed E-state index contributed by atoms with van der Waals surface area (Å²) in [7, 11) is 0. The first-order valence-electron chi connectivity index (χ1n) is 6.78. The molecule has 1 aliphatic rings. The van der Waals surface area contributed by atoms with Crippen molar-refractivity contribution in [2.45, 2.75) is 52.2 Å². The molecule has 1 rings (SSSR count). The van der Waals surface area contributed by atoms with Crippen LogP contribution in [0.2, 0.25) is 0 Å². The first-order chi connectivity index (χ1) is 8.27. The number of likely N-dealkylation sites (tertiary alicyclic amines) is 1. The molecule has 0 saturated carbocycles. The predicted octanol–water partition coefficient (Wildman–Crippen LogP) is 2.18. The molecule has 1 amide bonds. The minimum atomic E-state index is -0.270. The summed E-state index contributed by atoms with van der Waals surface area (Å²) >= 11 is 0. The van der Waals surface area contributed by atoms with Gasteiger partial charge in [0.1, 0.15) is 0 Å². The normalized spacial score (nSPS) is 18.3. The van der Waals surface area contributed by atoms with Crippen LogP contribution in [0.5, 0.6) is 0 Å². The molecule has 1 heterocycles. The molecule has 0 aromatic rings. The molecule has 4 heteroatoms. The van der Waals surface area contributed by atoms with Crippen LogP contribution in [0.1, 0.15) is 46.0 Å². The van der Waals surface area contributed by atoms with E-state index in [0.29, 0.717) is 26.2 Å². The van der Waals surface area contributed by atoms with Crippen LogP contribution < -0.4 is 0 Å². The van der Waals surface area contributed by atoms with E-state index < -0.39 is 0 Å². The van der Waals surface area contributed by atoms with Crippen molar-refractivity contribution in [2.75, 3.05) is 26.3 Å². The first kappa shape index (κ1) is 14.5. The van der Waals surface area contributed by atoms with Gasteiger partial charge in [0.05, 0.1) is 6.54 Å². The Balaban J connectivity index is 2.45. The van der Waals surface area contributed by atoms with Crippen LogP contribution in [-0.2, 0) is 14.3 Å². The molecule has 0 N–H and O–H groups in total. The largest absolute Gasteiger partial charge is 0.351 e. The molecule has 0 spiro atoms. The third-order valence-electron chi connectivity index (χ3n) is 3.00. The van der Waals surface area contributed by atoms with Crippen LogP contribution in [0.15, 0.2) is 0 Å². The highest BCUT2D eigenvalue weighted by Crippen LogP contribution is 2.13. The lowest BCUT2D eigenvalue weighted by molar-refractivity contribution is -0.159. The summed E-state index contributed by atoms with van der Waals surface area (Å²) in [6.45, 7) is 6.54. The maximum Gasteiger partial charge on any atom is 0.222 e. The van der Waals surface area contributed by atoms with Crippen LogP contribution in [0.3, 0.4) is 0 Å². The minimum absolute atomic E-state index is 0.245. The second kappa shape index (κ2) is 8.48. The second-order valence-electron chi connectivity index (χ2n) is 4.34. The highest BCUT2D eigenvalue weighted by atomic mass is 16.7. The molecule has 0 aromatic carbocycles. The van der Waals surface area contributed by atoms with Crippen molar-refractivity contribution in [2.24, 2.45) is 0 Å². The van der Waals surface area contributed by atoms with Crippen LogP contribution in [0, 0.1) is 0 Å². The van der Waals surface area contributed by atoms with Crippen molar-refractivity contribution in [3.63, 3.8) is 0 Å². The Bertz CT molecular complexity index is 215. The van der Waals surface area contributed by atoms with Gasteiger partial charge in [-0.25, -0.2) is 0 Å². The minimum Gasteiger partial charge on any atom is -0.351 e. The Labute approximate surface area is 104 Å². The third-order valence-corrected chi connectivity index (χ3v) is 3.00. The maximum absolute atomic E-state index is 11.9. The van der Waals surface area contributed by atoms with E-state index in [1.165, 1.54) is 12.8 Å². The molecule has 0 aliphatic carbocycles. The molecule has 0 aromatic heterocycles. The zero-order valence-electron chi connectivity index (χ0n) is 11.1. The van der Waals surface area contributed by atoms with E-state index in [4.69, 9.17) is 9.47 Å². The lowest BCUT2D eigenvalue weighted by Crippen LogP contribution is -2.40. The van der Waals surface area contributed by atoms with Gasteiger partial charge in [0.25, 0.3) is 0 Å². The zero-order chi connectivity index (χ0) is 12.5. The van der Waals surface area contributed by atoms with Gasteiger partial charge in [-0.3, -0.25) is 4.79 Å². The Kier molecular flexibility index (Phi) is 7.21. The smallest absolute Gasteiger partial charge is 0.222 e. The van der Waals surface area contributed by atoms with Gasteiger partial charge in [-0.1, -0.05) is 12.8 Å². The summed E-state index contributed by atoms with van der Waals surface area (Å²) in [6, 6.07) is 0. The Morgan fingerprint density at radius 2 is 1.76 bits per heavy atom. The zero-order valence-corrected chi connectivity index (χ0v) is 11.1. The molecule has 0 radical (unpaired) electrons. The molecule has 100 valence electrons. The van der Waals surface area contributed by atoms with Gasteiger partial charge in [-0.05, 0) is 26.7 Å². The van der Waals surface area contributed by atoms with E-state index in [0.717, 1.165) is 19.4 Å². The lowest BCUT2D eigenvalue weighted by Gasteiger charge is -2.28. The number of carbonyl (C=O) groups excluding carboxylic acids is 1. The van der Waals surface area contributed by atoms with E-state index in [1.54, 1.807) is 0 Å². The fourth-order valence-corrected chi connectivity index (χ4v) is 2.11. The molecule has 4 nitrogen and oxygen atoms in total. The van der Waals surface area contributed by atoms with Gasteiger partial charge >= 0.3 is 0 Å². The lowest BCUT2D eigenvalue weighted by atomic mass is 10.1. The molecule has 0 bridgehead atoms. The fraction of sp³-hybridized carbons (Fsp3) is 0.923. The van der Waals surface area contributed by atoms with E-state index in [2.05, 4.69) is 0 Å². The summed E-state index contributed by atoms with van der Waals surface area (Å²) in [5, 5.41) is 0. The monoisotopic (exact) mass is 243 g/mol. The van der Waals surface area contributed by atoms with Gasteiger partial charge in [-0.2, -0.15) is 0 Å². The van der Waals surface area contributed by atoms with E-state index in [1.807, 2.05) is 18.7 Å². The van der Waals surface area contributed by atoms with Crippen LogP contribution in [0.4, 0.5) is 0 Å². The van der Waals surface area contributed by atoms with Gasteiger partial charge in [-0.15, -0.1) is 0 Å². The fourth-order valence-electron chi connectivity index (χ4n) is 2.11. The molecule has 1 aliphatic heterocycles. The SMILES string of the molecule is CCOC(CN1CCCCCCC1=O)OCC. The van der Waals surface area contributed by atoms with Crippen molar-refractivity contribution < 1.29 is 14.3 Å². The summed E-state index contributed by atoms with van der Waals surface area (Å²) in [6.07, 6.45) is 4.91. The van der Waals surface area contributed by atoms with Crippen molar-refractivity contribution >= 4 is 5.91 Å². The first-order valence-corrected chi connectivity index (χ1v) is 6.78. The predicted molar refractivity (Wildman–Crippen MR) is 66.7 cm³/mol. The van der Waals surface area contributed by atoms with E-state index in [-0.39, 0.29) is 12.2 Å². The van der Waals surface area contributed by atoms with Crippen LogP contribution in [0.25, 0.3) is 0 Å². The van der Waals surface area contributed by atoms with Crippen LogP contribution >= 0.6 is 0 Å². The Morgan fingerprint density at radius 1 is 1.12 bits per heavy atom. The van der Waals surface area contributed by atoms with Gasteiger partial charge < -0.3 is 14.4 Å². The number of rotatable bonds is 6. The number of nitrogens with zero attached hydrogens (tertiary/aromatic N) is 1. The summed E-state index contributed by atoms with van der Waals surface area (Å²) in [4.78, 5) is 13.8. The molecule has 17 heavy (non-hydrogen) atoms. The van der Waals surface area contributed by atoms with Gasteiger partial charge in [0.15, 0.2) is 6.29 Å². The van der Waals surface area contributed by atoms with Gasteiger partial charge in [0, 0.05) is 26.2 Å². The summed E-state index contributed by atoms with van der Waals surface area (Å²) in [5.41, 5.74) is 0. The molecule has 1 fully saturated rings. The number of hydrogen-bond acceptors (Lipinski definition) is 3. The second-order valence-corrected chi connectivity index (χ2v) is 4.34. The Morgan fingerprint density at radius 3 is 2.41 bits per heavy atom. The summed E-state index contributed by atoms with van der Waals surface area (Å²) in [5.74, 6) is 0.245. The molecule has 0 atom stereocenters. The average molecular weight is 243 g/mol. The highest BCUT2D eigenvalue weighted by molar-refractivity contribution is 5.76. The van der Waals surface area contributed by atoms with E-state index in [9.17, 15) is 4.79 Å². The average Bonchev–Trinajstić information content (AvgIpc) is 2.29. The standard InChI is InChI=1S/C13H25NO3/c1-3-16-13(17-4-2)11-14-10-8-6-5-7-9-12(14)15/h13H,3-11H2,1-2H3. The van der Waals surface area contributed by atoms with Gasteiger partial charge in [0.2, 0.25) is 5.91 Å². The molecule has 1 saturated heterocycles. The molecular formula is C13H25NO3. The topological polar surface area (TPSA) is 38.8 Å². The van der Waals surface area contributed by atoms with Crippen LogP contribution in [-0.4, -0.2) is 43.4 Å². The molecule has 0 unspecified atom stereocenters. The quantitative estimate of drug-likeness (QED) is 0.671. The Hall–Kier alpha value is -0.610. The number of carbonyl (C=O) groups is 1. The van der Waals surface area contributed by atoms with Crippen molar-refractivity contribution in [1.29, 1.82) is 0 Å². The number of amides is 1. The van der Waals surface area contributed by atoms with E-state index >= 15 is 0 Å². The number of hydrogen-bond donors (Lipinski definition) is 0. The maximum atomic E-state index is 11.9. The molecular weight excluding hydrogens is 218 g/mol. The summed E-state index contributed by atoms with van der Waals surface area (Å²) < 4.78 is 11.0. The van der Waals surface area contributed by atoms with Crippen molar-refractivity contribution in [3.8, 4) is 0 Å². The van der Waals surface area contributed by atoms with Crippen molar-refractivity contribution in [3.05, 3.63) is 0 Å². The number of ether oxygens (including phenoxy) is 2. The van der Waals surface area contributed by atoms with Crippen molar-refractivity contribution in [1.82, 2.24) is 4.90 Å². The highest BCUT2D eigenvalue weighted by Gasteiger charge is 2.20. The third kappa shape index (κ3) is 5.50.